The number of hydrogen-bond donors (Lipinski definition) is 2. The van der Waals surface area contributed by atoms with Crippen LogP contribution in [0, 0.1) is 5.41 Å². The van der Waals surface area contributed by atoms with Crippen LogP contribution in [0.4, 0.5) is 0 Å². The van der Waals surface area contributed by atoms with Gasteiger partial charge < -0.3 is 19.9 Å². The van der Waals surface area contributed by atoms with E-state index in [0.29, 0.717) is 12.3 Å². The summed E-state index contributed by atoms with van der Waals surface area (Å²) in [5.41, 5.74) is 0.763. The maximum absolute atomic E-state index is 11.9. The highest BCUT2D eigenvalue weighted by molar-refractivity contribution is 5.91. The number of ether oxygens (including phenoxy) is 2. The van der Waals surface area contributed by atoms with Crippen molar-refractivity contribution in [3.8, 4) is 11.5 Å². The van der Waals surface area contributed by atoms with E-state index in [1.807, 2.05) is 18.2 Å². The van der Waals surface area contributed by atoms with E-state index in [1.54, 1.807) is 6.08 Å². The molecule has 1 aromatic rings. The minimum Gasteiger partial charge on any atom is -0.454 e. The molecular formula is C17H21NO4. The number of fused-ring (bicyclic) bond motifs is 1. The fourth-order valence-corrected chi connectivity index (χ4v) is 3.04. The molecule has 1 aliphatic carbocycles. The summed E-state index contributed by atoms with van der Waals surface area (Å²) in [5, 5.41) is 12.4. The Labute approximate surface area is 129 Å². The van der Waals surface area contributed by atoms with Gasteiger partial charge in [-0.25, -0.2) is 0 Å². The second kappa shape index (κ2) is 6.40. The third kappa shape index (κ3) is 3.25. The third-order valence-corrected chi connectivity index (χ3v) is 4.46. The molecule has 1 heterocycles. The van der Waals surface area contributed by atoms with Crippen LogP contribution in [-0.2, 0) is 4.79 Å². The van der Waals surface area contributed by atoms with Crippen molar-refractivity contribution in [2.24, 2.45) is 5.41 Å². The van der Waals surface area contributed by atoms with Crippen molar-refractivity contribution in [1.82, 2.24) is 5.32 Å². The van der Waals surface area contributed by atoms with Crippen LogP contribution >= 0.6 is 0 Å². The number of aliphatic hydroxyl groups is 1. The van der Waals surface area contributed by atoms with Crippen LogP contribution in [0.1, 0.15) is 31.2 Å². The smallest absolute Gasteiger partial charge is 0.244 e. The summed E-state index contributed by atoms with van der Waals surface area (Å²) < 4.78 is 10.6. The van der Waals surface area contributed by atoms with E-state index in [4.69, 9.17) is 9.47 Å². The zero-order valence-corrected chi connectivity index (χ0v) is 12.5. The van der Waals surface area contributed by atoms with Gasteiger partial charge in [-0.3, -0.25) is 4.79 Å². The topological polar surface area (TPSA) is 67.8 Å². The zero-order valence-electron chi connectivity index (χ0n) is 12.5. The van der Waals surface area contributed by atoms with Crippen LogP contribution < -0.4 is 14.8 Å². The highest BCUT2D eigenvalue weighted by atomic mass is 16.7. The van der Waals surface area contributed by atoms with Gasteiger partial charge in [0.15, 0.2) is 11.5 Å². The number of rotatable bonds is 5. The van der Waals surface area contributed by atoms with Crippen molar-refractivity contribution in [1.29, 1.82) is 0 Å². The lowest BCUT2D eigenvalue weighted by atomic mass is 9.87. The Hall–Kier alpha value is -2.01. The van der Waals surface area contributed by atoms with E-state index in [-0.39, 0.29) is 24.7 Å². The van der Waals surface area contributed by atoms with Crippen LogP contribution in [0.25, 0.3) is 6.08 Å². The van der Waals surface area contributed by atoms with Gasteiger partial charge in [-0.05, 0) is 36.6 Å². The molecule has 118 valence electrons. The summed E-state index contributed by atoms with van der Waals surface area (Å²) in [7, 11) is 0. The summed E-state index contributed by atoms with van der Waals surface area (Å²) in [5.74, 6) is 1.29. The monoisotopic (exact) mass is 303 g/mol. The predicted octanol–water partition coefficient (Wildman–Crippen LogP) is 2.10. The molecule has 5 nitrogen and oxygen atoms in total. The van der Waals surface area contributed by atoms with Crippen molar-refractivity contribution < 1.29 is 19.4 Å². The maximum Gasteiger partial charge on any atom is 0.244 e. The van der Waals surface area contributed by atoms with Gasteiger partial charge in [-0.15, -0.1) is 0 Å². The van der Waals surface area contributed by atoms with Crippen LogP contribution in [0.5, 0.6) is 11.5 Å². The average Bonchev–Trinajstić information content (AvgIpc) is 3.20. The highest BCUT2D eigenvalue weighted by Crippen LogP contribution is 2.37. The Kier molecular flexibility index (Phi) is 4.34. The van der Waals surface area contributed by atoms with E-state index in [0.717, 1.165) is 37.0 Å². The standard InChI is InChI=1S/C17H21NO4/c19-11-17(7-1-2-8-17)10-18-16(20)6-4-13-3-5-14-15(9-13)22-12-21-14/h3-6,9,19H,1-2,7-8,10-12H2,(H,18,20)/b6-4+. The molecule has 0 saturated heterocycles. The Morgan fingerprint density at radius 1 is 1.27 bits per heavy atom. The molecule has 3 rings (SSSR count). The second-order valence-corrected chi connectivity index (χ2v) is 6.03. The second-order valence-electron chi connectivity index (χ2n) is 6.03. The lowest BCUT2D eigenvalue weighted by Crippen LogP contribution is -2.37. The van der Waals surface area contributed by atoms with E-state index in [2.05, 4.69) is 5.32 Å². The average molecular weight is 303 g/mol. The largest absolute Gasteiger partial charge is 0.454 e. The number of carbonyl (C=O) groups excluding carboxylic acids is 1. The van der Waals surface area contributed by atoms with Crippen LogP contribution in [0.3, 0.4) is 0 Å². The first-order chi connectivity index (χ1) is 10.7. The van der Waals surface area contributed by atoms with Gasteiger partial charge in [0.05, 0.1) is 6.61 Å². The molecule has 1 saturated carbocycles. The van der Waals surface area contributed by atoms with Gasteiger partial charge >= 0.3 is 0 Å². The third-order valence-electron chi connectivity index (χ3n) is 4.46. The predicted molar refractivity (Wildman–Crippen MR) is 82.6 cm³/mol. The van der Waals surface area contributed by atoms with Gasteiger partial charge in [-0.1, -0.05) is 18.9 Å². The SMILES string of the molecule is O=C(/C=C/c1ccc2c(c1)OCO2)NCC1(CO)CCCC1. The summed E-state index contributed by atoms with van der Waals surface area (Å²) in [6, 6.07) is 5.56. The molecule has 1 fully saturated rings. The fraction of sp³-hybridized carbons (Fsp3) is 0.471. The molecule has 1 amide bonds. The number of nitrogens with one attached hydrogen (secondary N) is 1. The summed E-state index contributed by atoms with van der Waals surface area (Å²) in [4.78, 5) is 11.9. The first kappa shape index (κ1) is 14.9. The van der Waals surface area contributed by atoms with E-state index < -0.39 is 0 Å². The molecule has 5 heteroatoms. The summed E-state index contributed by atoms with van der Waals surface area (Å²) in [6.45, 7) is 0.916. The normalized spacial score (nSPS) is 18.8. The van der Waals surface area contributed by atoms with Gasteiger partial charge in [0.2, 0.25) is 12.7 Å². The van der Waals surface area contributed by atoms with Crippen molar-refractivity contribution in [3.05, 3.63) is 29.8 Å². The summed E-state index contributed by atoms with van der Waals surface area (Å²) >= 11 is 0. The van der Waals surface area contributed by atoms with Crippen LogP contribution in [0.2, 0.25) is 0 Å². The van der Waals surface area contributed by atoms with Crippen LogP contribution in [0.15, 0.2) is 24.3 Å². The van der Waals surface area contributed by atoms with E-state index in [1.165, 1.54) is 6.08 Å². The van der Waals surface area contributed by atoms with Crippen molar-refractivity contribution in [3.63, 3.8) is 0 Å². The Balaban J connectivity index is 1.55. The first-order valence-corrected chi connectivity index (χ1v) is 7.67. The maximum atomic E-state index is 11.9. The first-order valence-electron chi connectivity index (χ1n) is 7.67. The molecule has 1 aromatic carbocycles. The van der Waals surface area contributed by atoms with Crippen LogP contribution in [-0.4, -0.2) is 31.0 Å². The molecule has 0 atom stereocenters. The quantitative estimate of drug-likeness (QED) is 0.817. The summed E-state index contributed by atoms with van der Waals surface area (Å²) in [6.07, 6.45) is 7.48. The Morgan fingerprint density at radius 3 is 2.82 bits per heavy atom. The van der Waals surface area contributed by atoms with Gasteiger partial charge in [0.1, 0.15) is 0 Å². The van der Waals surface area contributed by atoms with Crippen molar-refractivity contribution in [2.45, 2.75) is 25.7 Å². The molecule has 1 aliphatic heterocycles. The molecule has 0 aromatic heterocycles. The lowest BCUT2D eigenvalue weighted by Gasteiger charge is -2.26. The van der Waals surface area contributed by atoms with Gasteiger partial charge in [0, 0.05) is 18.0 Å². The number of amides is 1. The number of hydrogen-bond acceptors (Lipinski definition) is 4. The van der Waals surface area contributed by atoms with Gasteiger partial charge in [0.25, 0.3) is 0 Å². The van der Waals surface area contributed by atoms with E-state index >= 15 is 0 Å². The minimum atomic E-state index is -0.141. The number of benzene rings is 1. The zero-order chi connectivity index (χ0) is 15.4. The highest BCUT2D eigenvalue weighted by Gasteiger charge is 2.33. The molecule has 2 aliphatic rings. The molecule has 0 spiro atoms. The minimum absolute atomic E-state index is 0.123. The molecular weight excluding hydrogens is 282 g/mol. The van der Waals surface area contributed by atoms with Crippen molar-refractivity contribution >= 4 is 12.0 Å². The van der Waals surface area contributed by atoms with Gasteiger partial charge in [-0.2, -0.15) is 0 Å². The fourth-order valence-electron chi connectivity index (χ4n) is 3.04. The van der Waals surface area contributed by atoms with Crippen molar-refractivity contribution in [2.75, 3.05) is 19.9 Å². The lowest BCUT2D eigenvalue weighted by molar-refractivity contribution is -0.117. The Bertz CT molecular complexity index is 576. The number of aliphatic hydroxyl groups excluding tert-OH is 1. The molecule has 2 N–H and O–H groups in total. The number of carbonyl (C=O) groups is 1. The molecule has 0 radical (unpaired) electrons. The molecule has 22 heavy (non-hydrogen) atoms. The molecule has 0 bridgehead atoms. The Morgan fingerprint density at radius 2 is 2.05 bits per heavy atom. The van der Waals surface area contributed by atoms with E-state index in [9.17, 15) is 9.90 Å². The molecule has 0 unspecified atom stereocenters.